The Hall–Kier alpha value is -0.950. The Bertz CT molecular complexity index is 532. The Balaban J connectivity index is 2.14. The summed E-state index contributed by atoms with van der Waals surface area (Å²) >= 11 is 0. The van der Waals surface area contributed by atoms with Gasteiger partial charge in [0.15, 0.2) is 0 Å². The molecular weight excluding hydrogens is 266 g/mol. The van der Waals surface area contributed by atoms with Gasteiger partial charge in [-0.1, -0.05) is 18.2 Å². The average molecular weight is 285 g/mol. The molecule has 0 spiro atoms. The summed E-state index contributed by atoms with van der Waals surface area (Å²) in [5.74, 6) is 0. The Kier molecular flexibility index (Phi) is 4.25. The molecule has 0 heterocycles. The Morgan fingerprint density at radius 1 is 1.37 bits per heavy atom. The monoisotopic (exact) mass is 285 g/mol. The average Bonchev–Trinajstić information content (AvgIpc) is 2.38. The first-order valence-corrected chi connectivity index (χ1v) is 7.75. The Labute approximate surface area is 113 Å². The summed E-state index contributed by atoms with van der Waals surface area (Å²) < 4.78 is 32.4. The lowest BCUT2D eigenvalue weighted by Crippen LogP contribution is -2.49. The highest BCUT2D eigenvalue weighted by molar-refractivity contribution is 7.89. The number of hydrogen-bond donors (Lipinski definition) is 2. The topological polar surface area (TPSA) is 75.6 Å². The van der Waals surface area contributed by atoms with Crippen LogP contribution in [0.3, 0.4) is 0 Å². The van der Waals surface area contributed by atoms with Gasteiger partial charge in [-0.15, -0.1) is 0 Å². The molecule has 0 aromatic heterocycles. The quantitative estimate of drug-likeness (QED) is 0.818. The van der Waals surface area contributed by atoms with E-state index in [4.69, 9.17) is 4.74 Å². The largest absolute Gasteiger partial charge is 0.392 e. The number of hydrogen-bond acceptors (Lipinski definition) is 4. The molecule has 1 aliphatic rings. The van der Waals surface area contributed by atoms with E-state index in [1.807, 2.05) is 0 Å². The predicted octanol–water partition coefficient (Wildman–Crippen LogP) is 1.03. The van der Waals surface area contributed by atoms with Crippen LogP contribution >= 0.6 is 0 Å². The van der Waals surface area contributed by atoms with Crippen molar-refractivity contribution in [3.63, 3.8) is 0 Å². The van der Waals surface area contributed by atoms with Gasteiger partial charge in [-0.3, -0.25) is 0 Å². The fourth-order valence-corrected chi connectivity index (χ4v) is 3.57. The predicted molar refractivity (Wildman–Crippen MR) is 71.1 cm³/mol. The summed E-state index contributed by atoms with van der Waals surface area (Å²) in [5.41, 5.74) is 0.0383. The van der Waals surface area contributed by atoms with Crippen LogP contribution in [0.4, 0.5) is 0 Å². The lowest BCUT2D eigenvalue weighted by molar-refractivity contribution is -0.0659. The lowest BCUT2D eigenvalue weighted by atomic mass is 9.80. The molecule has 0 bridgehead atoms. The van der Waals surface area contributed by atoms with Crippen LogP contribution in [-0.2, 0) is 21.4 Å². The van der Waals surface area contributed by atoms with Crippen molar-refractivity contribution in [3.05, 3.63) is 29.8 Å². The molecule has 2 N–H and O–H groups in total. The lowest BCUT2D eigenvalue weighted by Gasteiger charge is -2.40. The third-order valence-corrected chi connectivity index (χ3v) is 5.22. The molecule has 5 nitrogen and oxygen atoms in total. The highest BCUT2D eigenvalue weighted by Crippen LogP contribution is 2.34. The number of aliphatic hydroxyl groups is 1. The Morgan fingerprint density at radius 2 is 2.05 bits per heavy atom. The minimum Gasteiger partial charge on any atom is -0.392 e. The summed E-state index contributed by atoms with van der Waals surface area (Å²) in [4.78, 5) is 0.128. The number of methoxy groups -OCH3 is 1. The third-order valence-electron chi connectivity index (χ3n) is 3.71. The number of benzene rings is 1. The van der Waals surface area contributed by atoms with Crippen LogP contribution in [0, 0.1) is 0 Å². The molecule has 1 saturated carbocycles. The second-order valence-corrected chi connectivity index (χ2v) is 6.57. The molecular formula is C13H19NO4S. The molecule has 106 valence electrons. The third kappa shape index (κ3) is 2.97. The van der Waals surface area contributed by atoms with Crippen molar-refractivity contribution >= 4 is 10.0 Å². The number of rotatable bonds is 6. The molecule has 0 radical (unpaired) electrons. The van der Waals surface area contributed by atoms with E-state index in [-0.39, 0.29) is 23.6 Å². The zero-order chi connectivity index (χ0) is 13.9. The smallest absolute Gasteiger partial charge is 0.241 e. The SMILES string of the molecule is COC1(CNS(=O)(=O)c2ccccc2CO)CCC1. The van der Waals surface area contributed by atoms with Crippen molar-refractivity contribution in [1.29, 1.82) is 0 Å². The van der Waals surface area contributed by atoms with Gasteiger partial charge in [-0.2, -0.15) is 0 Å². The molecule has 0 amide bonds. The van der Waals surface area contributed by atoms with E-state index in [2.05, 4.69) is 4.72 Å². The number of nitrogens with one attached hydrogen (secondary N) is 1. The molecule has 2 rings (SSSR count). The van der Waals surface area contributed by atoms with Gasteiger partial charge in [-0.05, 0) is 30.9 Å². The molecule has 0 aliphatic heterocycles. The van der Waals surface area contributed by atoms with Gasteiger partial charge >= 0.3 is 0 Å². The van der Waals surface area contributed by atoms with E-state index in [1.54, 1.807) is 25.3 Å². The van der Waals surface area contributed by atoms with E-state index in [0.717, 1.165) is 19.3 Å². The van der Waals surface area contributed by atoms with Crippen molar-refractivity contribution in [2.45, 2.75) is 36.4 Å². The molecule has 6 heteroatoms. The maximum Gasteiger partial charge on any atom is 0.241 e. The summed E-state index contributed by atoms with van der Waals surface area (Å²) in [6.45, 7) is -0.0297. The molecule has 1 aromatic carbocycles. The van der Waals surface area contributed by atoms with E-state index in [9.17, 15) is 13.5 Å². The van der Waals surface area contributed by atoms with Crippen LogP contribution in [0.25, 0.3) is 0 Å². The molecule has 19 heavy (non-hydrogen) atoms. The van der Waals surface area contributed by atoms with Crippen molar-refractivity contribution < 1.29 is 18.3 Å². The maximum atomic E-state index is 12.2. The van der Waals surface area contributed by atoms with Crippen LogP contribution in [0.15, 0.2) is 29.2 Å². The molecule has 1 fully saturated rings. The van der Waals surface area contributed by atoms with Gasteiger partial charge in [0.25, 0.3) is 0 Å². The zero-order valence-electron chi connectivity index (χ0n) is 10.9. The fraction of sp³-hybridized carbons (Fsp3) is 0.538. The van der Waals surface area contributed by atoms with Crippen LogP contribution < -0.4 is 4.72 Å². The highest BCUT2D eigenvalue weighted by Gasteiger charge is 2.38. The van der Waals surface area contributed by atoms with Gasteiger partial charge in [0, 0.05) is 13.7 Å². The standard InChI is InChI=1S/C13H19NO4S/c1-18-13(7-4-8-13)10-14-19(16,17)12-6-3-2-5-11(12)9-15/h2-3,5-6,14-15H,4,7-10H2,1H3. The minimum absolute atomic E-state index is 0.128. The second kappa shape index (κ2) is 5.58. The van der Waals surface area contributed by atoms with Crippen molar-refractivity contribution in [3.8, 4) is 0 Å². The molecule has 1 aliphatic carbocycles. The van der Waals surface area contributed by atoms with Crippen LogP contribution in [0.5, 0.6) is 0 Å². The van der Waals surface area contributed by atoms with Crippen LogP contribution in [-0.4, -0.2) is 32.8 Å². The number of aliphatic hydroxyl groups excluding tert-OH is 1. The van der Waals surface area contributed by atoms with Crippen molar-refractivity contribution in [1.82, 2.24) is 4.72 Å². The maximum absolute atomic E-state index is 12.2. The highest BCUT2D eigenvalue weighted by atomic mass is 32.2. The number of sulfonamides is 1. The molecule has 0 atom stereocenters. The first-order chi connectivity index (χ1) is 9.03. The van der Waals surface area contributed by atoms with Gasteiger partial charge < -0.3 is 9.84 Å². The van der Waals surface area contributed by atoms with E-state index in [1.165, 1.54) is 6.07 Å². The van der Waals surface area contributed by atoms with Gasteiger partial charge in [0.05, 0.1) is 17.1 Å². The van der Waals surface area contributed by atoms with Gasteiger partial charge in [0.2, 0.25) is 10.0 Å². The number of ether oxygens (including phenoxy) is 1. The van der Waals surface area contributed by atoms with Crippen molar-refractivity contribution in [2.24, 2.45) is 0 Å². The second-order valence-electron chi connectivity index (χ2n) is 4.83. The van der Waals surface area contributed by atoms with Gasteiger partial charge in [-0.25, -0.2) is 13.1 Å². The zero-order valence-corrected chi connectivity index (χ0v) is 11.7. The summed E-state index contributed by atoms with van der Waals surface area (Å²) in [6, 6.07) is 6.44. The van der Waals surface area contributed by atoms with Crippen LogP contribution in [0.2, 0.25) is 0 Å². The van der Waals surface area contributed by atoms with E-state index < -0.39 is 10.0 Å². The van der Waals surface area contributed by atoms with Gasteiger partial charge in [0.1, 0.15) is 0 Å². The normalized spacial score (nSPS) is 18.0. The molecule has 1 aromatic rings. The summed E-state index contributed by atoms with van der Waals surface area (Å²) in [7, 11) is -2.01. The summed E-state index contributed by atoms with van der Waals surface area (Å²) in [6.07, 6.45) is 2.80. The fourth-order valence-electron chi connectivity index (χ4n) is 2.23. The summed E-state index contributed by atoms with van der Waals surface area (Å²) in [5, 5.41) is 9.20. The Morgan fingerprint density at radius 3 is 2.58 bits per heavy atom. The van der Waals surface area contributed by atoms with Crippen molar-refractivity contribution in [2.75, 3.05) is 13.7 Å². The first-order valence-electron chi connectivity index (χ1n) is 6.27. The molecule has 0 saturated heterocycles. The first kappa shape index (κ1) is 14.5. The van der Waals surface area contributed by atoms with Crippen LogP contribution in [0.1, 0.15) is 24.8 Å². The van der Waals surface area contributed by atoms with E-state index >= 15 is 0 Å². The molecule has 0 unspecified atom stereocenters. The van der Waals surface area contributed by atoms with E-state index in [0.29, 0.717) is 5.56 Å². The minimum atomic E-state index is -3.61.